The quantitative estimate of drug-likeness (QED) is 0.455. The highest BCUT2D eigenvalue weighted by atomic mass is 35.5. The van der Waals surface area contributed by atoms with Gasteiger partial charge in [-0.15, -0.1) is 0 Å². The molecule has 2 fully saturated rings. The molecule has 174 valence electrons. The first-order valence-electron chi connectivity index (χ1n) is 12.5. The largest absolute Gasteiger partial charge is 0.377 e. The fraction of sp³-hybridized carbons (Fsp3) is 0.567. The summed E-state index contributed by atoms with van der Waals surface area (Å²) in [6, 6.07) is 8.27. The highest BCUT2D eigenvalue weighted by Gasteiger charge is 2.62. The number of hydrogen-bond acceptors (Lipinski definition) is 2. The van der Waals surface area contributed by atoms with Crippen molar-refractivity contribution in [1.82, 2.24) is 0 Å². The molecule has 0 amide bonds. The second kappa shape index (κ2) is 7.86. The van der Waals surface area contributed by atoms with E-state index in [0.29, 0.717) is 18.3 Å². The number of carbonyl (C=O) groups excluding carboxylic acids is 1. The molecule has 1 aromatic carbocycles. The molecule has 0 heterocycles. The van der Waals surface area contributed by atoms with Gasteiger partial charge in [0.05, 0.1) is 0 Å². The number of rotatable bonds is 1. The van der Waals surface area contributed by atoms with Crippen LogP contribution in [0.1, 0.15) is 84.1 Å². The Morgan fingerprint density at radius 3 is 2.52 bits per heavy atom. The van der Waals surface area contributed by atoms with Crippen LogP contribution in [0.25, 0.3) is 0 Å². The van der Waals surface area contributed by atoms with Gasteiger partial charge < -0.3 is 5.11 Å². The number of ketones is 1. The van der Waals surface area contributed by atoms with Crippen LogP contribution in [0.4, 0.5) is 0 Å². The van der Waals surface area contributed by atoms with Gasteiger partial charge in [0, 0.05) is 28.2 Å². The number of halogens is 1. The second-order valence-corrected chi connectivity index (χ2v) is 12.4. The van der Waals surface area contributed by atoms with Gasteiger partial charge in [-0.25, -0.2) is 0 Å². The topological polar surface area (TPSA) is 37.3 Å². The number of carbonyl (C=O) groups is 1. The van der Waals surface area contributed by atoms with E-state index in [4.69, 9.17) is 11.6 Å². The molecule has 0 unspecified atom stereocenters. The monoisotopic (exact) mass is 462 g/mol. The van der Waals surface area contributed by atoms with Crippen molar-refractivity contribution in [2.24, 2.45) is 22.7 Å². The average Bonchev–Trinajstić information content (AvgIpc) is 3.02. The van der Waals surface area contributed by atoms with Crippen molar-refractivity contribution in [3.05, 3.63) is 57.6 Å². The lowest BCUT2D eigenvalue weighted by molar-refractivity contribution is -0.114. The molecule has 0 aliphatic heterocycles. The predicted octanol–water partition coefficient (Wildman–Crippen LogP) is 7.02. The van der Waals surface area contributed by atoms with Crippen molar-refractivity contribution in [1.29, 1.82) is 0 Å². The summed E-state index contributed by atoms with van der Waals surface area (Å²) in [4.78, 5) is 12.2. The molecule has 0 radical (unpaired) electrons. The van der Waals surface area contributed by atoms with E-state index in [2.05, 4.69) is 51.7 Å². The molecule has 0 aromatic heterocycles. The smallest absolute Gasteiger partial charge is 0.156 e. The fourth-order valence-corrected chi connectivity index (χ4v) is 7.28. The Balaban J connectivity index is 1.66. The zero-order valence-corrected chi connectivity index (χ0v) is 21.1. The minimum absolute atomic E-state index is 0.138. The summed E-state index contributed by atoms with van der Waals surface area (Å²) in [7, 11) is 0. The molecule has 4 aliphatic carbocycles. The van der Waals surface area contributed by atoms with Crippen LogP contribution in [-0.4, -0.2) is 16.5 Å². The average molecular weight is 463 g/mol. The van der Waals surface area contributed by atoms with Crippen molar-refractivity contribution in [3.63, 3.8) is 0 Å². The molecule has 2 nitrogen and oxygen atoms in total. The maximum atomic E-state index is 12.2. The Morgan fingerprint density at radius 1 is 1.09 bits per heavy atom. The molecule has 0 bridgehead atoms. The van der Waals surface area contributed by atoms with Crippen molar-refractivity contribution in [2.45, 2.75) is 84.2 Å². The van der Waals surface area contributed by atoms with Crippen LogP contribution in [0, 0.1) is 34.5 Å². The summed E-state index contributed by atoms with van der Waals surface area (Å²) >= 11 is 6.24. The van der Waals surface area contributed by atoms with Crippen LogP contribution in [0.3, 0.4) is 0 Å². The third-order valence-electron chi connectivity index (χ3n) is 8.80. The summed E-state index contributed by atoms with van der Waals surface area (Å²) in [6.45, 7) is 8.62. The number of aliphatic hydroxyl groups is 1. The highest BCUT2D eigenvalue weighted by molar-refractivity contribution is 6.30. The van der Waals surface area contributed by atoms with Crippen LogP contribution >= 0.6 is 11.6 Å². The molecular formula is C30H35ClO2. The molecule has 5 rings (SSSR count). The Labute approximate surface area is 203 Å². The molecule has 1 N–H and O–H groups in total. The summed E-state index contributed by atoms with van der Waals surface area (Å²) in [5.41, 5.74) is 4.13. The number of benzene rings is 1. The molecule has 5 atom stereocenters. The van der Waals surface area contributed by atoms with Gasteiger partial charge in [-0.2, -0.15) is 0 Å². The van der Waals surface area contributed by atoms with Gasteiger partial charge >= 0.3 is 0 Å². The molecule has 2 saturated carbocycles. The molecule has 33 heavy (non-hydrogen) atoms. The maximum absolute atomic E-state index is 12.2. The van der Waals surface area contributed by atoms with Crippen LogP contribution in [0.15, 0.2) is 47.1 Å². The Morgan fingerprint density at radius 2 is 1.82 bits per heavy atom. The lowest BCUT2D eigenvalue weighted by atomic mass is 9.51. The van der Waals surface area contributed by atoms with Gasteiger partial charge in [0.25, 0.3) is 0 Å². The lowest BCUT2D eigenvalue weighted by Gasteiger charge is -2.53. The van der Waals surface area contributed by atoms with Gasteiger partial charge in [-0.1, -0.05) is 48.1 Å². The molecule has 1 aromatic rings. The maximum Gasteiger partial charge on any atom is 0.156 e. The van der Waals surface area contributed by atoms with Crippen LogP contribution in [0.5, 0.6) is 0 Å². The van der Waals surface area contributed by atoms with E-state index < -0.39 is 5.60 Å². The lowest BCUT2D eigenvalue weighted by Crippen LogP contribution is -2.51. The van der Waals surface area contributed by atoms with E-state index in [0.717, 1.165) is 43.5 Å². The van der Waals surface area contributed by atoms with Gasteiger partial charge in [-0.3, -0.25) is 4.79 Å². The summed E-state index contributed by atoms with van der Waals surface area (Å²) < 4.78 is 0. The number of fused-ring (bicyclic) bond motifs is 4. The zero-order chi connectivity index (χ0) is 23.6. The fourth-order valence-electron chi connectivity index (χ4n) is 7.16. The van der Waals surface area contributed by atoms with E-state index in [1.807, 2.05) is 18.2 Å². The molecule has 3 heteroatoms. The van der Waals surface area contributed by atoms with Crippen LogP contribution in [0.2, 0.25) is 5.02 Å². The van der Waals surface area contributed by atoms with Crippen molar-refractivity contribution in [2.75, 3.05) is 0 Å². The van der Waals surface area contributed by atoms with E-state index >= 15 is 0 Å². The molecule has 4 aliphatic rings. The van der Waals surface area contributed by atoms with Gasteiger partial charge in [-0.05, 0) is 106 Å². The Kier molecular flexibility index (Phi) is 5.47. The number of hydrogen-bond donors (Lipinski definition) is 1. The van der Waals surface area contributed by atoms with E-state index in [-0.39, 0.29) is 22.5 Å². The van der Waals surface area contributed by atoms with Crippen molar-refractivity contribution < 1.29 is 9.90 Å². The zero-order valence-electron chi connectivity index (χ0n) is 20.3. The van der Waals surface area contributed by atoms with Crippen LogP contribution < -0.4 is 0 Å². The molecule has 0 spiro atoms. The first kappa shape index (κ1) is 22.9. The van der Waals surface area contributed by atoms with Gasteiger partial charge in [0.2, 0.25) is 0 Å². The van der Waals surface area contributed by atoms with Crippen molar-refractivity contribution >= 4 is 17.4 Å². The minimum atomic E-state index is -0.968. The van der Waals surface area contributed by atoms with Gasteiger partial charge in [0.1, 0.15) is 5.60 Å². The van der Waals surface area contributed by atoms with Crippen LogP contribution in [-0.2, 0) is 4.79 Å². The SMILES string of the molecule is CC(C)(C)C#C[C@]1(O)CC[C@H]2[C@@H]3CCC4=CC(=O)CCC4=C3[C@@H](c3ccc(Cl)cc3)C[C@@]21C. The predicted molar refractivity (Wildman–Crippen MR) is 134 cm³/mol. The molecule has 0 saturated heterocycles. The first-order chi connectivity index (χ1) is 15.5. The second-order valence-electron chi connectivity index (χ2n) is 11.9. The Hall–Kier alpha value is -1.82. The number of allylic oxidation sites excluding steroid dienone is 4. The summed E-state index contributed by atoms with van der Waals surface area (Å²) in [5.74, 6) is 8.11. The highest BCUT2D eigenvalue weighted by Crippen LogP contribution is 2.66. The van der Waals surface area contributed by atoms with E-state index in [1.165, 1.54) is 22.3 Å². The normalized spacial score (nSPS) is 35.8. The summed E-state index contributed by atoms with van der Waals surface area (Å²) in [6.07, 6.45) is 8.05. The van der Waals surface area contributed by atoms with Gasteiger partial charge in [0.15, 0.2) is 5.78 Å². The van der Waals surface area contributed by atoms with E-state index in [9.17, 15) is 9.90 Å². The Bertz CT molecular complexity index is 1110. The molecular weight excluding hydrogens is 428 g/mol. The minimum Gasteiger partial charge on any atom is -0.377 e. The third kappa shape index (κ3) is 3.82. The standard InChI is InChI=1S/C30H35ClO2/c1-28(2,3)15-16-30(33)14-13-26-24-11-7-20-17-22(32)10-12-23(20)27(24)25(18-29(26,30)4)19-5-8-21(31)9-6-19/h5-6,8-9,17,24-26,33H,7,10-14,18H2,1-4H3/t24-,25+,26-,29-,30+/m0/s1. The van der Waals surface area contributed by atoms with Crippen molar-refractivity contribution in [3.8, 4) is 11.8 Å². The first-order valence-corrected chi connectivity index (χ1v) is 12.9. The van der Waals surface area contributed by atoms with E-state index in [1.54, 1.807) is 0 Å². The third-order valence-corrected chi connectivity index (χ3v) is 9.06. The summed E-state index contributed by atoms with van der Waals surface area (Å²) in [5, 5.41) is 12.8.